The number of hydrogen-bond acceptors (Lipinski definition) is 7. The van der Waals surface area contributed by atoms with E-state index in [2.05, 4.69) is 84.4 Å². The van der Waals surface area contributed by atoms with Crippen LogP contribution in [0.15, 0.2) is 137 Å². The first kappa shape index (κ1) is 35.9. The summed E-state index contributed by atoms with van der Waals surface area (Å²) in [5, 5.41) is 20.0. The number of thioether (sulfide) groups is 1. The first-order valence-electron chi connectivity index (χ1n) is 17.5. The molecule has 2 amide bonds. The molecule has 0 radical (unpaired) electrons. The predicted octanol–water partition coefficient (Wildman–Crippen LogP) is 9.79. The second-order valence-electron chi connectivity index (χ2n) is 13.0. The summed E-state index contributed by atoms with van der Waals surface area (Å²) in [6, 6.07) is 39.9. The Kier molecular flexibility index (Phi) is 10.8. The van der Waals surface area contributed by atoms with Crippen molar-refractivity contribution in [3.63, 3.8) is 0 Å². The van der Waals surface area contributed by atoms with Gasteiger partial charge in [-0.05, 0) is 73.5 Å². The molecule has 3 heterocycles. The van der Waals surface area contributed by atoms with Crippen LogP contribution in [0.5, 0.6) is 5.75 Å². The van der Waals surface area contributed by atoms with Crippen LogP contribution in [0.1, 0.15) is 43.2 Å². The monoisotopic (exact) mass is 739 g/mol. The van der Waals surface area contributed by atoms with Crippen molar-refractivity contribution in [3.8, 4) is 22.8 Å². The molecule has 53 heavy (non-hydrogen) atoms. The van der Waals surface area contributed by atoms with Gasteiger partial charge in [-0.15, -0.1) is 10.2 Å². The predicted molar refractivity (Wildman–Crippen MR) is 215 cm³/mol. The summed E-state index contributed by atoms with van der Waals surface area (Å²) in [5.41, 5.74) is 6.80. The van der Waals surface area contributed by atoms with Gasteiger partial charge in [0, 0.05) is 40.2 Å². The molecule has 7 aromatic rings. The van der Waals surface area contributed by atoms with Gasteiger partial charge in [0.1, 0.15) is 18.2 Å². The van der Waals surface area contributed by atoms with Gasteiger partial charge in [-0.1, -0.05) is 97.5 Å². The molecule has 0 saturated heterocycles. The third-order valence-electron chi connectivity index (χ3n) is 9.04. The van der Waals surface area contributed by atoms with Crippen molar-refractivity contribution in [1.29, 1.82) is 0 Å². The van der Waals surface area contributed by atoms with Crippen molar-refractivity contribution < 1.29 is 9.53 Å². The minimum atomic E-state index is -0.332. The number of anilines is 1. The number of aromatic nitrogens is 5. The third-order valence-corrected chi connectivity index (χ3v) is 11.4. The molecule has 4 aromatic carbocycles. The highest BCUT2D eigenvalue weighted by Gasteiger charge is 2.25. The molecule has 0 aliphatic heterocycles. The molecule has 3 aromatic heterocycles. The first-order valence-corrected chi connectivity index (χ1v) is 19.5. The molecule has 268 valence electrons. The quantitative estimate of drug-likeness (QED) is 0.122. The number of benzene rings is 4. The van der Waals surface area contributed by atoms with Crippen molar-refractivity contribution in [2.75, 3.05) is 11.6 Å². The molecule has 0 bridgehead atoms. The number of ether oxygens (including phenoxy) is 1. The van der Waals surface area contributed by atoms with Crippen LogP contribution >= 0.6 is 23.5 Å². The Morgan fingerprint density at radius 2 is 1.62 bits per heavy atom. The maximum absolute atomic E-state index is 13.5. The standard InChI is InChI=1S/C42H41N7O2S2/c1-5-30-16-9-11-20-35(30)40-46-45-38-23-22-34(27-48(38)40)53-36-21-12-10-17-31(36)26-43-41(50)44-39-25-37(42(2,3)52-4)47-49(39)32-18-13-19-33(24-32)51-28-29-14-7-6-8-15-29/h6-25,27H,5,26,28H2,1-4H3,(H2,43,44,50). The lowest BCUT2D eigenvalue weighted by molar-refractivity contribution is 0.251. The van der Waals surface area contributed by atoms with Crippen molar-refractivity contribution in [1.82, 2.24) is 29.7 Å². The van der Waals surface area contributed by atoms with Crippen LogP contribution in [0.2, 0.25) is 0 Å². The van der Waals surface area contributed by atoms with Gasteiger partial charge >= 0.3 is 6.03 Å². The lowest BCUT2D eigenvalue weighted by atomic mass is 10.1. The maximum atomic E-state index is 13.5. The number of urea groups is 1. The van der Waals surface area contributed by atoms with E-state index in [9.17, 15) is 4.79 Å². The zero-order valence-electron chi connectivity index (χ0n) is 30.1. The summed E-state index contributed by atoms with van der Waals surface area (Å²) >= 11 is 3.34. The molecular formula is C42H41N7O2S2. The fraction of sp³-hybridized carbons (Fsp3) is 0.190. The number of carbonyl (C=O) groups is 1. The van der Waals surface area contributed by atoms with Gasteiger partial charge in [-0.3, -0.25) is 9.72 Å². The molecule has 9 nitrogen and oxygen atoms in total. The normalized spacial score (nSPS) is 11.5. The van der Waals surface area contributed by atoms with Gasteiger partial charge in [0.15, 0.2) is 11.5 Å². The molecule has 11 heteroatoms. The van der Waals surface area contributed by atoms with E-state index in [0.717, 1.165) is 55.8 Å². The van der Waals surface area contributed by atoms with Gasteiger partial charge < -0.3 is 10.1 Å². The number of pyridine rings is 1. The van der Waals surface area contributed by atoms with Crippen molar-refractivity contribution >= 4 is 41.0 Å². The van der Waals surface area contributed by atoms with E-state index >= 15 is 0 Å². The Balaban J connectivity index is 1.08. The summed E-state index contributed by atoms with van der Waals surface area (Å²) in [6.07, 6.45) is 5.04. The summed E-state index contributed by atoms with van der Waals surface area (Å²) in [7, 11) is 0. The molecule has 2 N–H and O–H groups in total. The Morgan fingerprint density at radius 1 is 0.849 bits per heavy atom. The molecule has 0 unspecified atom stereocenters. The average molecular weight is 740 g/mol. The lowest BCUT2D eigenvalue weighted by Gasteiger charge is -2.18. The van der Waals surface area contributed by atoms with E-state index in [4.69, 9.17) is 9.84 Å². The Morgan fingerprint density at radius 3 is 2.43 bits per heavy atom. The van der Waals surface area contributed by atoms with Gasteiger partial charge in [-0.2, -0.15) is 16.9 Å². The van der Waals surface area contributed by atoms with Crippen LogP contribution in [-0.4, -0.2) is 36.7 Å². The first-order chi connectivity index (χ1) is 25.8. The fourth-order valence-electron chi connectivity index (χ4n) is 5.89. The van der Waals surface area contributed by atoms with Crippen LogP contribution in [0, 0.1) is 0 Å². The molecule has 7 rings (SSSR count). The number of carbonyl (C=O) groups excluding carboxylic acids is 1. The summed E-state index contributed by atoms with van der Waals surface area (Å²) < 4.78 is 9.65. The number of nitrogens with zero attached hydrogens (tertiary/aromatic N) is 5. The van der Waals surface area contributed by atoms with E-state index in [1.54, 1.807) is 28.2 Å². The van der Waals surface area contributed by atoms with Crippen molar-refractivity contribution in [3.05, 3.63) is 150 Å². The van der Waals surface area contributed by atoms with E-state index in [1.807, 2.05) is 95.4 Å². The van der Waals surface area contributed by atoms with Crippen LogP contribution in [0.4, 0.5) is 10.6 Å². The minimum absolute atomic E-state index is 0.272. The molecule has 0 aliphatic rings. The number of fused-ring (bicyclic) bond motifs is 1. The largest absolute Gasteiger partial charge is 0.489 e. The van der Waals surface area contributed by atoms with E-state index < -0.39 is 0 Å². The molecule has 0 spiro atoms. The molecule has 0 aliphatic carbocycles. The average Bonchev–Trinajstić information content (AvgIpc) is 3.82. The van der Waals surface area contributed by atoms with Crippen molar-refractivity contribution in [2.24, 2.45) is 0 Å². The smallest absolute Gasteiger partial charge is 0.320 e. The fourth-order valence-corrected chi connectivity index (χ4v) is 7.16. The third kappa shape index (κ3) is 8.27. The second-order valence-corrected chi connectivity index (χ2v) is 15.5. The zero-order chi connectivity index (χ0) is 36.8. The van der Waals surface area contributed by atoms with Gasteiger partial charge in [0.2, 0.25) is 0 Å². The van der Waals surface area contributed by atoms with Crippen molar-refractivity contribution in [2.45, 2.75) is 54.9 Å². The SMILES string of the molecule is CCc1ccccc1-c1nnc2ccc(Sc3ccccc3CNC(=O)Nc3cc(C(C)(C)SC)nn3-c3cccc(OCc4ccccc4)c3)cn12. The topological polar surface area (TPSA) is 98.4 Å². The van der Waals surface area contributed by atoms with E-state index in [1.165, 1.54) is 5.56 Å². The number of nitrogens with one attached hydrogen (secondary N) is 2. The van der Waals surface area contributed by atoms with Crippen LogP contribution in [0.3, 0.4) is 0 Å². The van der Waals surface area contributed by atoms with Crippen LogP contribution < -0.4 is 15.4 Å². The number of hydrogen-bond donors (Lipinski definition) is 2. The number of amides is 2. The zero-order valence-corrected chi connectivity index (χ0v) is 31.7. The van der Waals surface area contributed by atoms with Gasteiger partial charge in [0.05, 0.1) is 16.1 Å². The summed E-state index contributed by atoms with van der Waals surface area (Å²) in [4.78, 5) is 15.6. The molecular weight excluding hydrogens is 699 g/mol. The van der Waals surface area contributed by atoms with Crippen LogP contribution in [0.25, 0.3) is 22.7 Å². The Bertz CT molecular complexity index is 2350. The number of rotatable bonds is 13. The lowest BCUT2D eigenvalue weighted by Crippen LogP contribution is -2.29. The minimum Gasteiger partial charge on any atom is -0.489 e. The van der Waals surface area contributed by atoms with Gasteiger partial charge in [0.25, 0.3) is 0 Å². The van der Waals surface area contributed by atoms with E-state index in [-0.39, 0.29) is 10.8 Å². The van der Waals surface area contributed by atoms with Gasteiger partial charge in [-0.25, -0.2) is 9.48 Å². The summed E-state index contributed by atoms with van der Waals surface area (Å²) in [5.74, 6) is 2.09. The maximum Gasteiger partial charge on any atom is 0.320 e. The Hall–Kier alpha value is -5.52. The number of aryl methyl sites for hydroxylation is 1. The second kappa shape index (κ2) is 16.0. The highest BCUT2D eigenvalue weighted by atomic mass is 32.2. The highest BCUT2D eigenvalue weighted by Crippen LogP contribution is 2.36. The molecule has 0 atom stereocenters. The summed E-state index contributed by atoms with van der Waals surface area (Å²) in [6.45, 7) is 7.17. The Labute approximate surface area is 318 Å². The highest BCUT2D eigenvalue weighted by molar-refractivity contribution is 7.99. The molecule has 0 saturated carbocycles. The van der Waals surface area contributed by atoms with E-state index in [0.29, 0.717) is 24.7 Å². The molecule has 0 fully saturated rings. The van der Waals surface area contributed by atoms with Crippen LogP contribution in [-0.2, 0) is 24.3 Å².